The van der Waals surface area contributed by atoms with Crippen LogP contribution in [0.5, 0.6) is 5.75 Å². The van der Waals surface area contributed by atoms with Crippen LogP contribution in [0.15, 0.2) is 12.1 Å². The van der Waals surface area contributed by atoms with Crippen molar-refractivity contribution < 1.29 is 9.90 Å². The molecule has 0 bridgehead atoms. The predicted octanol–water partition coefficient (Wildman–Crippen LogP) is 6.11. The van der Waals surface area contributed by atoms with Crippen molar-refractivity contribution in [3.05, 3.63) is 28.8 Å². The molecule has 0 spiro atoms. The maximum Gasteiger partial charge on any atom is 0.166 e. The van der Waals surface area contributed by atoms with Crippen LogP contribution < -0.4 is 0 Å². The number of phenolic OH excluding ortho intramolecular Hbond substituents is 1. The molecule has 0 atom stereocenters. The first kappa shape index (κ1) is 18.7. The van der Waals surface area contributed by atoms with E-state index < -0.39 is 0 Å². The van der Waals surface area contributed by atoms with Gasteiger partial charge in [-0.1, -0.05) is 64.4 Å². The molecule has 2 heteroatoms. The lowest BCUT2D eigenvalue weighted by atomic mass is 9.97. The Labute approximate surface area is 135 Å². The minimum absolute atomic E-state index is 0.0814. The Hall–Kier alpha value is -1.31. The summed E-state index contributed by atoms with van der Waals surface area (Å²) in [5.74, 6) is 0.219. The van der Waals surface area contributed by atoms with Crippen LogP contribution in [-0.2, 0) is 0 Å². The van der Waals surface area contributed by atoms with Gasteiger partial charge >= 0.3 is 0 Å². The van der Waals surface area contributed by atoms with Gasteiger partial charge < -0.3 is 5.11 Å². The van der Waals surface area contributed by atoms with Gasteiger partial charge in [0, 0.05) is 6.42 Å². The molecule has 0 fully saturated rings. The van der Waals surface area contributed by atoms with Gasteiger partial charge in [0.05, 0.1) is 5.56 Å². The fourth-order valence-electron chi connectivity index (χ4n) is 3.03. The van der Waals surface area contributed by atoms with Gasteiger partial charge in [0.15, 0.2) is 5.78 Å². The molecule has 0 radical (unpaired) electrons. The van der Waals surface area contributed by atoms with Crippen molar-refractivity contribution >= 4 is 5.78 Å². The molecule has 0 unspecified atom stereocenters. The van der Waals surface area contributed by atoms with Crippen molar-refractivity contribution in [2.45, 2.75) is 85.0 Å². The maximum absolute atomic E-state index is 12.2. The average Bonchev–Trinajstić information content (AvgIpc) is 2.44. The van der Waals surface area contributed by atoms with Gasteiger partial charge in [-0.3, -0.25) is 4.79 Å². The molecule has 22 heavy (non-hydrogen) atoms. The summed E-state index contributed by atoms with van der Waals surface area (Å²) in [6.07, 6.45) is 11.8. The van der Waals surface area contributed by atoms with E-state index in [4.69, 9.17) is 0 Å². The molecule has 124 valence electrons. The molecule has 1 N–H and O–H groups in total. The third-order valence-corrected chi connectivity index (χ3v) is 4.25. The number of ketones is 1. The summed E-state index contributed by atoms with van der Waals surface area (Å²) in [5.41, 5.74) is 2.40. The summed E-state index contributed by atoms with van der Waals surface area (Å²) in [5, 5.41) is 9.97. The van der Waals surface area contributed by atoms with Gasteiger partial charge in [-0.2, -0.15) is 0 Å². The molecule has 0 saturated heterocycles. The monoisotopic (exact) mass is 304 g/mol. The topological polar surface area (TPSA) is 37.3 Å². The van der Waals surface area contributed by atoms with E-state index in [9.17, 15) is 9.90 Å². The SMILES string of the molecule is CCCCCCCCCCCC(=O)c1c(C)cc(C)cc1O. The Bertz CT molecular complexity index is 440. The van der Waals surface area contributed by atoms with Crippen molar-refractivity contribution in [3.63, 3.8) is 0 Å². The zero-order valence-electron chi connectivity index (χ0n) is 14.6. The molecule has 0 amide bonds. The molecule has 0 aromatic heterocycles. The van der Waals surface area contributed by atoms with E-state index >= 15 is 0 Å². The first-order valence-corrected chi connectivity index (χ1v) is 8.89. The second-order valence-electron chi connectivity index (χ2n) is 6.48. The summed E-state index contributed by atoms with van der Waals surface area (Å²) in [6.45, 7) is 6.07. The number of rotatable bonds is 11. The molecule has 0 heterocycles. The minimum Gasteiger partial charge on any atom is -0.507 e. The minimum atomic E-state index is 0.0814. The largest absolute Gasteiger partial charge is 0.507 e. The van der Waals surface area contributed by atoms with Gasteiger partial charge in [0.1, 0.15) is 5.75 Å². The normalized spacial score (nSPS) is 10.9. The molecule has 0 saturated carbocycles. The van der Waals surface area contributed by atoms with E-state index in [0.29, 0.717) is 12.0 Å². The Kier molecular flexibility index (Phi) is 8.88. The summed E-state index contributed by atoms with van der Waals surface area (Å²) >= 11 is 0. The zero-order chi connectivity index (χ0) is 16.4. The van der Waals surface area contributed by atoms with Crippen LogP contribution in [0, 0.1) is 13.8 Å². The van der Waals surface area contributed by atoms with Crippen LogP contribution in [0.3, 0.4) is 0 Å². The molecule has 0 aliphatic rings. The van der Waals surface area contributed by atoms with Crippen molar-refractivity contribution in [3.8, 4) is 5.75 Å². The molecule has 0 aliphatic heterocycles. The van der Waals surface area contributed by atoms with E-state index in [0.717, 1.165) is 24.0 Å². The highest BCUT2D eigenvalue weighted by molar-refractivity contribution is 6.00. The number of aromatic hydroxyl groups is 1. The third kappa shape index (κ3) is 6.64. The Balaban J connectivity index is 2.22. The average molecular weight is 304 g/mol. The number of hydrogen-bond acceptors (Lipinski definition) is 2. The van der Waals surface area contributed by atoms with E-state index in [1.54, 1.807) is 6.07 Å². The smallest absolute Gasteiger partial charge is 0.166 e. The second-order valence-corrected chi connectivity index (χ2v) is 6.48. The second kappa shape index (κ2) is 10.4. The van der Waals surface area contributed by atoms with E-state index in [1.165, 1.54) is 44.9 Å². The molecule has 2 nitrogen and oxygen atoms in total. The highest BCUT2D eigenvalue weighted by Gasteiger charge is 2.14. The van der Waals surface area contributed by atoms with Gasteiger partial charge in [0.2, 0.25) is 0 Å². The Morgan fingerprint density at radius 3 is 2.00 bits per heavy atom. The molecule has 1 rings (SSSR count). The van der Waals surface area contributed by atoms with Crippen LogP contribution >= 0.6 is 0 Å². The lowest BCUT2D eigenvalue weighted by Gasteiger charge is -2.09. The number of unbranched alkanes of at least 4 members (excludes halogenated alkanes) is 8. The molecular weight excluding hydrogens is 272 g/mol. The number of carbonyl (C=O) groups is 1. The first-order valence-electron chi connectivity index (χ1n) is 8.89. The highest BCUT2D eigenvalue weighted by atomic mass is 16.3. The predicted molar refractivity (Wildman–Crippen MR) is 93.8 cm³/mol. The number of benzene rings is 1. The van der Waals surface area contributed by atoms with Gasteiger partial charge in [-0.25, -0.2) is 0 Å². The van der Waals surface area contributed by atoms with Crippen LogP contribution in [0.4, 0.5) is 0 Å². The maximum atomic E-state index is 12.2. The van der Waals surface area contributed by atoms with E-state index in [-0.39, 0.29) is 11.5 Å². The number of phenols is 1. The van der Waals surface area contributed by atoms with Gasteiger partial charge in [-0.05, 0) is 37.5 Å². The van der Waals surface area contributed by atoms with Crippen LogP contribution in [0.25, 0.3) is 0 Å². The first-order chi connectivity index (χ1) is 10.6. The summed E-state index contributed by atoms with van der Waals surface area (Å²) < 4.78 is 0. The van der Waals surface area contributed by atoms with Crippen molar-refractivity contribution in [2.75, 3.05) is 0 Å². The lowest BCUT2D eigenvalue weighted by molar-refractivity contribution is 0.0976. The van der Waals surface area contributed by atoms with Gasteiger partial charge in [-0.15, -0.1) is 0 Å². The van der Waals surface area contributed by atoms with E-state index in [2.05, 4.69) is 6.92 Å². The number of hydrogen-bond donors (Lipinski definition) is 1. The lowest BCUT2D eigenvalue weighted by Crippen LogP contribution is -2.03. The molecule has 1 aromatic rings. The standard InChI is InChI=1S/C20H32O2/c1-4-5-6-7-8-9-10-11-12-13-18(21)20-17(3)14-16(2)15-19(20)22/h14-15,22H,4-13H2,1-3H3. The Morgan fingerprint density at radius 1 is 0.909 bits per heavy atom. The zero-order valence-corrected chi connectivity index (χ0v) is 14.6. The molecular formula is C20H32O2. The highest BCUT2D eigenvalue weighted by Crippen LogP contribution is 2.25. The molecule has 0 aliphatic carbocycles. The summed E-state index contributed by atoms with van der Waals surface area (Å²) in [4.78, 5) is 12.2. The van der Waals surface area contributed by atoms with Crippen LogP contribution in [0.2, 0.25) is 0 Å². The number of Topliss-reactive ketones (excluding diaryl/α,β-unsaturated/α-hetero) is 1. The van der Waals surface area contributed by atoms with Gasteiger partial charge in [0.25, 0.3) is 0 Å². The van der Waals surface area contributed by atoms with Crippen molar-refractivity contribution in [1.82, 2.24) is 0 Å². The van der Waals surface area contributed by atoms with Crippen LogP contribution in [-0.4, -0.2) is 10.9 Å². The fraction of sp³-hybridized carbons (Fsp3) is 0.650. The number of aryl methyl sites for hydroxylation is 2. The van der Waals surface area contributed by atoms with E-state index in [1.807, 2.05) is 19.9 Å². The van der Waals surface area contributed by atoms with Crippen molar-refractivity contribution in [1.29, 1.82) is 0 Å². The summed E-state index contributed by atoms with van der Waals surface area (Å²) in [6, 6.07) is 3.64. The quantitative estimate of drug-likeness (QED) is 0.395. The molecule has 1 aromatic carbocycles. The number of carbonyl (C=O) groups excluding carboxylic acids is 1. The van der Waals surface area contributed by atoms with Crippen molar-refractivity contribution in [2.24, 2.45) is 0 Å². The summed E-state index contributed by atoms with van der Waals surface area (Å²) in [7, 11) is 0. The third-order valence-electron chi connectivity index (χ3n) is 4.25. The fourth-order valence-corrected chi connectivity index (χ4v) is 3.03. The Morgan fingerprint density at radius 2 is 1.45 bits per heavy atom. The van der Waals surface area contributed by atoms with Crippen LogP contribution in [0.1, 0.15) is 92.6 Å².